The van der Waals surface area contributed by atoms with Crippen LogP contribution in [0.2, 0.25) is 0 Å². The maximum atomic E-state index is 12.9. The van der Waals surface area contributed by atoms with Gasteiger partial charge in [0.25, 0.3) is 5.56 Å². The molecule has 0 aliphatic heterocycles. The number of nitrogens with zero attached hydrogens (tertiary/aromatic N) is 2. The van der Waals surface area contributed by atoms with Crippen LogP contribution in [-0.2, 0) is 30.6 Å². The number of hydrogen-bond acceptors (Lipinski definition) is 4. The number of hydrogen-bond donors (Lipinski definition) is 1. The second-order valence-electron chi connectivity index (χ2n) is 7.06. The molecule has 6 heteroatoms. The van der Waals surface area contributed by atoms with Crippen molar-refractivity contribution in [1.82, 2.24) is 9.55 Å². The first-order valence-electron chi connectivity index (χ1n) is 9.54. The Balaban J connectivity index is 1.53. The molecular formula is C21H23N3O2S. The number of thiophene rings is 1. The lowest BCUT2D eigenvalue weighted by Crippen LogP contribution is -2.28. The van der Waals surface area contributed by atoms with Gasteiger partial charge in [0.05, 0.1) is 11.7 Å². The second kappa shape index (κ2) is 7.64. The molecule has 2 aromatic heterocycles. The number of nitrogens with one attached hydrogen (secondary N) is 1. The van der Waals surface area contributed by atoms with Gasteiger partial charge in [-0.2, -0.15) is 0 Å². The zero-order valence-corrected chi connectivity index (χ0v) is 16.3. The molecule has 0 atom stereocenters. The van der Waals surface area contributed by atoms with E-state index in [0.717, 1.165) is 48.2 Å². The van der Waals surface area contributed by atoms with E-state index in [9.17, 15) is 9.59 Å². The fraction of sp³-hybridized carbons (Fsp3) is 0.381. The number of carbonyl (C=O) groups is 1. The van der Waals surface area contributed by atoms with Gasteiger partial charge in [-0.1, -0.05) is 25.5 Å². The number of carbonyl (C=O) groups excluding carboxylic acids is 1. The maximum absolute atomic E-state index is 12.9. The van der Waals surface area contributed by atoms with Gasteiger partial charge in [0, 0.05) is 10.6 Å². The zero-order chi connectivity index (χ0) is 18.8. The van der Waals surface area contributed by atoms with Crippen LogP contribution in [-0.4, -0.2) is 15.5 Å². The van der Waals surface area contributed by atoms with Gasteiger partial charge < -0.3 is 5.32 Å². The predicted octanol–water partition coefficient (Wildman–Crippen LogP) is 3.93. The first-order chi connectivity index (χ1) is 13.2. The van der Waals surface area contributed by atoms with Crippen LogP contribution >= 0.6 is 11.3 Å². The third kappa shape index (κ3) is 3.67. The Kier molecular flexibility index (Phi) is 5.07. The highest BCUT2D eigenvalue weighted by Gasteiger charge is 2.20. The average Bonchev–Trinajstić information content (AvgIpc) is 3.05. The largest absolute Gasteiger partial charge is 0.325 e. The quantitative estimate of drug-likeness (QED) is 0.728. The SMILES string of the molecule is CCCc1ccc(NC(=O)Cn2cnc3sc4c(c3c2=O)CCCC4)cc1. The maximum Gasteiger partial charge on any atom is 0.262 e. The summed E-state index contributed by atoms with van der Waals surface area (Å²) in [6.45, 7) is 2.12. The summed E-state index contributed by atoms with van der Waals surface area (Å²) in [5.41, 5.74) is 3.05. The molecule has 0 saturated heterocycles. The lowest BCUT2D eigenvalue weighted by atomic mass is 9.97. The number of fused-ring (bicyclic) bond motifs is 3. The summed E-state index contributed by atoms with van der Waals surface area (Å²) in [5, 5.41) is 3.58. The minimum absolute atomic E-state index is 0.0247. The standard InChI is InChI=1S/C21H23N3O2S/c1-2-5-14-8-10-15(11-9-14)23-18(25)12-24-13-22-20-19(21(24)26)16-6-3-4-7-17(16)27-20/h8-11,13H,2-7,12H2,1H3,(H,23,25). The predicted molar refractivity (Wildman–Crippen MR) is 110 cm³/mol. The van der Waals surface area contributed by atoms with Crippen molar-refractivity contribution in [2.45, 2.75) is 52.0 Å². The van der Waals surface area contributed by atoms with Gasteiger partial charge in [0.15, 0.2) is 0 Å². The number of amides is 1. The molecule has 0 saturated carbocycles. The third-order valence-electron chi connectivity index (χ3n) is 5.03. The molecular weight excluding hydrogens is 358 g/mol. The number of anilines is 1. The van der Waals surface area contributed by atoms with Gasteiger partial charge in [-0.25, -0.2) is 4.98 Å². The van der Waals surface area contributed by atoms with Crippen LogP contribution in [0, 0.1) is 0 Å². The van der Waals surface area contributed by atoms with Crippen molar-refractivity contribution < 1.29 is 4.79 Å². The highest BCUT2D eigenvalue weighted by atomic mass is 32.1. The third-order valence-corrected chi connectivity index (χ3v) is 6.23. The molecule has 1 aromatic carbocycles. The zero-order valence-electron chi connectivity index (χ0n) is 15.5. The summed E-state index contributed by atoms with van der Waals surface area (Å²) < 4.78 is 1.42. The number of aromatic nitrogens is 2. The van der Waals surface area contributed by atoms with Gasteiger partial charge in [0.2, 0.25) is 5.91 Å². The lowest BCUT2D eigenvalue weighted by molar-refractivity contribution is -0.116. The summed E-state index contributed by atoms with van der Waals surface area (Å²) in [4.78, 5) is 31.9. The molecule has 140 valence electrons. The van der Waals surface area contributed by atoms with E-state index in [1.54, 1.807) is 11.3 Å². The lowest BCUT2D eigenvalue weighted by Gasteiger charge is -2.11. The van der Waals surface area contributed by atoms with Crippen LogP contribution in [0.3, 0.4) is 0 Å². The first-order valence-corrected chi connectivity index (χ1v) is 10.4. The van der Waals surface area contributed by atoms with Crippen LogP contribution in [0.5, 0.6) is 0 Å². The van der Waals surface area contributed by atoms with E-state index >= 15 is 0 Å². The van der Waals surface area contributed by atoms with Crippen molar-refractivity contribution in [3.63, 3.8) is 0 Å². The van der Waals surface area contributed by atoms with Crippen LogP contribution < -0.4 is 10.9 Å². The number of rotatable bonds is 5. The molecule has 4 rings (SSSR count). The van der Waals surface area contributed by atoms with Gasteiger partial charge >= 0.3 is 0 Å². The molecule has 0 bridgehead atoms. The number of benzene rings is 1. The fourth-order valence-electron chi connectivity index (χ4n) is 3.69. The van der Waals surface area contributed by atoms with Crippen molar-refractivity contribution in [3.05, 3.63) is 57.0 Å². The molecule has 1 amide bonds. The summed E-state index contributed by atoms with van der Waals surface area (Å²) in [7, 11) is 0. The van der Waals surface area contributed by atoms with Crippen LogP contribution in [0.4, 0.5) is 5.69 Å². The highest BCUT2D eigenvalue weighted by molar-refractivity contribution is 7.18. The van der Waals surface area contributed by atoms with Gasteiger partial charge in [-0.15, -0.1) is 11.3 Å². The Labute approximate surface area is 162 Å². The van der Waals surface area contributed by atoms with Crippen molar-refractivity contribution in [3.8, 4) is 0 Å². The van der Waals surface area contributed by atoms with E-state index in [-0.39, 0.29) is 18.0 Å². The molecule has 1 N–H and O–H groups in total. The van der Waals surface area contributed by atoms with E-state index in [2.05, 4.69) is 17.2 Å². The Morgan fingerprint density at radius 2 is 2.00 bits per heavy atom. The highest BCUT2D eigenvalue weighted by Crippen LogP contribution is 2.33. The van der Waals surface area contributed by atoms with Crippen LogP contribution in [0.1, 0.15) is 42.2 Å². The first kappa shape index (κ1) is 17.9. The minimum atomic E-state index is -0.217. The fourth-order valence-corrected chi connectivity index (χ4v) is 4.91. The summed E-state index contributed by atoms with van der Waals surface area (Å²) in [6, 6.07) is 7.86. The molecule has 1 aliphatic carbocycles. The van der Waals surface area contributed by atoms with Crippen molar-refractivity contribution in [1.29, 1.82) is 0 Å². The van der Waals surface area contributed by atoms with Gasteiger partial charge in [-0.05, 0) is 55.4 Å². The Hall–Kier alpha value is -2.47. The molecule has 2 heterocycles. The van der Waals surface area contributed by atoms with Crippen molar-refractivity contribution in [2.24, 2.45) is 0 Å². The van der Waals surface area contributed by atoms with E-state index in [1.807, 2.05) is 24.3 Å². The Bertz CT molecular complexity index is 1030. The van der Waals surface area contributed by atoms with Gasteiger partial charge in [0.1, 0.15) is 11.4 Å². The molecule has 3 aromatic rings. The Morgan fingerprint density at radius 1 is 1.22 bits per heavy atom. The second-order valence-corrected chi connectivity index (χ2v) is 8.15. The molecule has 0 fully saturated rings. The van der Waals surface area contributed by atoms with E-state index < -0.39 is 0 Å². The van der Waals surface area contributed by atoms with E-state index in [0.29, 0.717) is 5.39 Å². The number of aryl methyl sites for hydroxylation is 3. The summed E-state index contributed by atoms with van der Waals surface area (Å²) in [5.74, 6) is -0.217. The molecule has 0 spiro atoms. The Morgan fingerprint density at radius 3 is 2.78 bits per heavy atom. The van der Waals surface area contributed by atoms with Crippen LogP contribution in [0.25, 0.3) is 10.2 Å². The summed E-state index contributed by atoms with van der Waals surface area (Å²) in [6.07, 6.45) is 7.87. The topological polar surface area (TPSA) is 64.0 Å². The monoisotopic (exact) mass is 381 g/mol. The minimum Gasteiger partial charge on any atom is -0.325 e. The molecule has 27 heavy (non-hydrogen) atoms. The van der Waals surface area contributed by atoms with Crippen LogP contribution in [0.15, 0.2) is 35.4 Å². The summed E-state index contributed by atoms with van der Waals surface area (Å²) >= 11 is 1.62. The normalized spacial score (nSPS) is 13.5. The van der Waals surface area contributed by atoms with Gasteiger partial charge in [-0.3, -0.25) is 14.2 Å². The smallest absolute Gasteiger partial charge is 0.262 e. The van der Waals surface area contributed by atoms with E-state index in [1.165, 1.54) is 27.8 Å². The van der Waals surface area contributed by atoms with Crippen molar-refractivity contribution >= 4 is 33.1 Å². The van der Waals surface area contributed by atoms with E-state index in [4.69, 9.17) is 0 Å². The van der Waals surface area contributed by atoms with Crippen molar-refractivity contribution in [2.75, 3.05) is 5.32 Å². The molecule has 1 aliphatic rings. The average molecular weight is 382 g/mol. The molecule has 5 nitrogen and oxygen atoms in total. The molecule has 0 radical (unpaired) electrons. The molecule has 0 unspecified atom stereocenters.